The molecule has 1 rings (SSSR count). The van der Waals surface area contributed by atoms with Gasteiger partial charge in [-0.15, -0.1) is 0 Å². The van der Waals surface area contributed by atoms with Crippen LogP contribution in [0.3, 0.4) is 0 Å². The van der Waals surface area contributed by atoms with Gasteiger partial charge in [-0.3, -0.25) is 0 Å². The molecule has 1 unspecified atom stereocenters. The highest BCUT2D eigenvalue weighted by Crippen LogP contribution is 2.11. The standard InChI is InChI=1S/C16H25NO4/c1-16(2,3)21-15(19)17-11-13(12-18)9-10-20-14-7-5-4-6-8-14/h4-8,13,18H,9-12H2,1-3H3,(H,17,19). The van der Waals surface area contributed by atoms with Crippen molar-refractivity contribution in [2.45, 2.75) is 32.8 Å². The third-order valence-corrected chi connectivity index (χ3v) is 2.73. The van der Waals surface area contributed by atoms with Crippen LogP contribution in [0.5, 0.6) is 5.75 Å². The minimum absolute atomic E-state index is 0.00600. The van der Waals surface area contributed by atoms with Crippen LogP contribution in [0.1, 0.15) is 27.2 Å². The average molecular weight is 295 g/mol. The number of nitrogens with one attached hydrogen (secondary N) is 1. The molecule has 0 aliphatic rings. The predicted octanol–water partition coefficient (Wildman–Crippen LogP) is 2.59. The lowest BCUT2D eigenvalue weighted by Gasteiger charge is -2.21. The van der Waals surface area contributed by atoms with Crippen LogP contribution in [-0.2, 0) is 4.74 Å². The molecule has 118 valence electrons. The van der Waals surface area contributed by atoms with E-state index in [1.54, 1.807) is 0 Å². The Morgan fingerprint density at radius 3 is 2.52 bits per heavy atom. The van der Waals surface area contributed by atoms with Gasteiger partial charge >= 0.3 is 6.09 Å². The van der Waals surface area contributed by atoms with E-state index < -0.39 is 11.7 Å². The molecule has 5 nitrogen and oxygen atoms in total. The Morgan fingerprint density at radius 2 is 1.95 bits per heavy atom. The first kappa shape index (κ1) is 17.3. The minimum Gasteiger partial charge on any atom is -0.494 e. The molecule has 1 amide bonds. The summed E-state index contributed by atoms with van der Waals surface area (Å²) in [5.41, 5.74) is -0.519. The van der Waals surface area contributed by atoms with Gasteiger partial charge in [0.1, 0.15) is 11.4 Å². The number of benzene rings is 1. The molecular formula is C16H25NO4. The highest BCUT2D eigenvalue weighted by atomic mass is 16.6. The fourth-order valence-electron chi connectivity index (χ4n) is 1.66. The van der Waals surface area contributed by atoms with Gasteiger partial charge in [0, 0.05) is 19.1 Å². The van der Waals surface area contributed by atoms with Gasteiger partial charge < -0.3 is 19.9 Å². The third-order valence-electron chi connectivity index (χ3n) is 2.73. The van der Waals surface area contributed by atoms with E-state index in [1.165, 1.54) is 0 Å². The van der Waals surface area contributed by atoms with Crippen molar-refractivity contribution in [3.63, 3.8) is 0 Å². The molecule has 5 heteroatoms. The predicted molar refractivity (Wildman–Crippen MR) is 81.4 cm³/mol. The quantitative estimate of drug-likeness (QED) is 0.811. The van der Waals surface area contributed by atoms with E-state index in [-0.39, 0.29) is 12.5 Å². The van der Waals surface area contributed by atoms with Gasteiger partial charge in [-0.1, -0.05) is 18.2 Å². The van der Waals surface area contributed by atoms with Gasteiger partial charge in [0.2, 0.25) is 0 Å². The highest BCUT2D eigenvalue weighted by molar-refractivity contribution is 5.67. The van der Waals surface area contributed by atoms with Crippen LogP contribution in [0.4, 0.5) is 4.79 Å². The molecule has 1 aromatic rings. The fraction of sp³-hybridized carbons (Fsp3) is 0.562. The monoisotopic (exact) mass is 295 g/mol. The van der Waals surface area contributed by atoms with Crippen molar-refractivity contribution in [3.05, 3.63) is 30.3 Å². The number of ether oxygens (including phenoxy) is 2. The number of carbonyl (C=O) groups excluding carboxylic acids is 1. The summed E-state index contributed by atoms with van der Waals surface area (Å²) in [6, 6.07) is 9.50. The lowest BCUT2D eigenvalue weighted by atomic mass is 10.1. The van der Waals surface area contributed by atoms with Crippen LogP contribution in [0, 0.1) is 5.92 Å². The van der Waals surface area contributed by atoms with Crippen LogP contribution in [-0.4, -0.2) is 36.6 Å². The van der Waals surface area contributed by atoms with Crippen LogP contribution in [0.25, 0.3) is 0 Å². The molecule has 1 aromatic carbocycles. The Labute approximate surface area is 126 Å². The first-order chi connectivity index (χ1) is 9.90. The SMILES string of the molecule is CC(C)(C)OC(=O)NCC(CO)CCOc1ccccc1. The molecule has 0 bridgehead atoms. The van der Waals surface area contributed by atoms with Crippen molar-refractivity contribution in [2.24, 2.45) is 5.92 Å². The number of rotatable bonds is 7. The zero-order chi connectivity index (χ0) is 15.7. The second kappa shape index (κ2) is 8.52. The molecule has 0 heterocycles. The van der Waals surface area contributed by atoms with Crippen molar-refractivity contribution < 1.29 is 19.4 Å². The summed E-state index contributed by atoms with van der Waals surface area (Å²) in [6.45, 7) is 6.28. The molecule has 0 fully saturated rings. The second-order valence-corrected chi connectivity index (χ2v) is 5.88. The van der Waals surface area contributed by atoms with E-state index in [2.05, 4.69) is 5.32 Å². The van der Waals surface area contributed by atoms with E-state index >= 15 is 0 Å². The molecule has 0 aliphatic heterocycles. The van der Waals surface area contributed by atoms with E-state index in [1.807, 2.05) is 51.1 Å². The Kier molecular flexibility index (Phi) is 7.02. The van der Waals surface area contributed by atoms with Gasteiger partial charge in [-0.2, -0.15) is 0 Å². The van der Waals surface area contributed by atoms with Crippen LogP contribution in [0.2, 0.25) is 0 Å². The summed E-state index contributed by atoms with van der Waals surface area (Å²) in [4.78, 5) is 11.5. The second-order valence-electron chi connectivity index (χ2n) is 5.88. The van der Waals surface area contributed by atoms with Crippen molar-refractivity contribution in [1.82, 2.24) is 5.32 Å². The van der Waals surface area contributed by atoms with Crippen LogP contribution in [0.15, 0.2) is 30.3 Å². The number of para-hydroxylation sites is 1. The Hall–Kier alpha value is -1.75. The largest absolute Gasteiger partial charge is 0.494 e. The maximum atomic E-state index is 11.5. The zero-order valence-corrected chi connectivity index (χ0v) is 13.0. The summed E-state index contributed by atoms with van der Waals surface area (Å²) in [7, 11) is 0. The molecule has 0 radical (unpaired) electrons. The smallest absolute Gasteiger partial charge is 0.407 e. The lowest BCUT2D eigenvalue weighted by Crippen LogP contribution is -2.36. The molecule has 21 heavy (non-hydrogen) atoms. The Balaban J connectivity index is 2.24. The maximum Gasteiger partial charge on any atom is 0.407 e. The molecular weight excluding hydrogens is 270 g/mol. The van der Waals surface area contributed by atoms with E-state index in [0.717, 1.165) is 5.75 Å². The number of alkyl carbamates (subject to hydrolysis) is 1. The molecule has 2 N–H and O–H groups in total. The number of aliphatic hydroxyl groups excluding tert-OH is 1. The average Bonchev–Trinajstić information content (AvgIpc) is 2.42. The van der Waals surface area contributed by atoms with E-state index in [9.17, 15) is 9.90 Å². The molecule has 0 saturated carbocycles. The van der Waals surface area contributed by atoms with Gasteiger partial charge in [0.05, 0.1) is 6.61 Å². The minimum atomic E-state index is -0.519. The summed E-state index contributed by atoms with van der Waals surface area (Å²) in [5.74, 6) is 0.746. The van der Waals surface area contributed by atoms with Gasteiger partial charge in [-0.25, -0.2) is 4.79 Å². The number of hydrogen-bond acceptors (Lipinski definition) is 4. The summed E-state index contributed by atoms with van der Waals surface area (Å²) < 4.78 is 10.7. The lowest BCUT2D eigenvalue weighted by molar-refractivity contribution is 0.0508. The first-order valence-corrected chi connectivity index (χ1v) is 7.16. The summed E-state index contributed by atoms with van der Waals surface area (Å²) >= 11 is 0. The number of carbonyl (C=O) groups is 1. The van der Waals surface area contributed by atoms with Gasteiger partial charge in [-0.05, 0) is 39.3 Å². The third kappa shape index (κ3) is 8.19. The first-order valence-electron chi connectivity index (χ1n) is 7.16. The Bertz CT molecular complexity index is 414. The van der Waals surface area contributed by atoms with Crippen LogP contribution < -0.4 is 10.1 Å². The summed E-state index contributed by atoms with van der Waals surface area (Å²) in [6.07, 6.45) is 0.186. The molecule has 1 atom stereocenters. The topological polar surface area (TPSA) is 67.8 Å². The van der Waals surface area contributed by atoms with Crippen molar-refractivity contribution in [2.75, 3.05) is 19.8 Å². The highest BCUT2D eigenvalue weighted by Gasteiger charge is 2.17. The number of aliphatic hydroxyl groups is 1. The number of hydrogen-bond donors (Lipinski definition) is 2. The van der Waals surface area contributed by atoms with Crippen LogP contribution >= 0.6 is 0 Å². The fourth-order valence-corrected chi connectivity index (χ4v) is 1.66. The van der Waals surface area contributed by atoms with Crippen molar-refractivity contribution in [1.29, 1.82) is 0 Å². The maximum absolute atomic E-state index is 11.5. The van der Waals surface area contributed by atoms with Gasteiger partial charge in [0.25, 0.3) is 0 Å². The van der Waals surface area contributed by atoms with E-state index in [0.29, 0.717) is 19.6 Å². The normalized spacial score (nSPS) is 12.6. The van der Waals surface area contributed by atoms with Crippen molar-refractivity contribution >= 4 is 6.09 Å². The molecule has 0 aliphatic carbocycles. The molecule has 0 saturated heterocycles. The van der Waals surface area contributed by atoms with Gasteiger partial charge in [0.15, 0.2) is 0 Å². The zero-order valence-electron chi connectivity index (χ0n) is 13.0. The number of amides is 1. The van der Waals surface area contributed by atoms with E-state index in [4.69, 9.17) is 9.47 Å². The molecule has 0 aromatic heterocycles. The summed E-state index contributed by atoms with van der Waals surface area (Å²) in [5, 5.41) is 12.0. The Morgan fingerprint density at radius 1 is 1.29 bits per heavy atom. The molecule has 0 spiro atoms. The van der Waals surface area contributed by atoms with Crippen molar-refractivity contribution in [3.8, 4) is 5.75 Å².